The van der Waals surface area contributed by atoms with Crippen molar-refractivity contribution in [2.24, 2.45) is 0 Å². The van der Waals surface area contributed by atoms with Gasteiger partial charge in [0.15, 0.2) is 0 Å². The van der Waals surface area contributed by atoms with Crippen LogP contribution in [-0.2, 0) is 18.8 Å². The molecule has 1 saturated heterocycles. The van der Waals surface area contributed by atoms with Crippen molar-refractivity contribution in [2.75, 3.05) is 6.61 Å². The average Bonchev–Trinajstić information content (AvgIpc) is 2.68. The smallest absolute Gasteiger partial charge is 0.466 e. The van der Waals surface area contributed by atoms with Crippen LogP contribution in [-0.4, -0.2) is 30.9 Å². The first-order valence-electron chi connectivity index (χ1n) is 8.03. The summed E-state index contributed by atoms with van der Waals surface area (Å²) in [5.74, 6) is -0.650. The van der Waals surface area contributed by atoms with E-state index in [4.69, 9.17) is 25.6 Å². The zero-order valence-corrected chi connectivity index (χ0v) is 17.0. The lowest BCUT2D eigenvalue weighted by atomic mass is 9.66. The van der Waals surface area contributed by atoms with Gasteiger partial charge in [-0.3, -0.25) is 4.79 Å². The Balaban J connectivity index is 2.37. The molecule has 2 rings (SSSR count). The summed E-state index contributed by atoms with van der Waals surface area (Å²) in [4.78, 5) is 12.1. The number of carbonyl (C=O) groups excluding carboxylic acids is 1. The van der Waals surface area contributed by atoms with Crippen molar-refractivity contribution in [1.29, 1.82) is 0 Å². The molecular formula is C17H23BBrClO4. The Morgan fingerprint density at radius 3 is 2.42 bits per heavy atom. The molecular weight excluding hydrogens is 394 g/mol. The number of ether oxygens (including phenoxy) is 1. The minimum Gasteiger partial charge on any atom is -0.466 e. The Hall–Kier alpha value is -0.555. The maximum absolute atomic E-state index is 12.1. The highest BCUT2D eigenvalue weighted by Crippen LogP contribution is 2.43. The lowest BCUT2D eigenvalue weighted by Gasteiger charge is -2.32. The van der Waals surface area contributed by atoms with Crippen molar-refractivity contribution in [3.05, 3.63) is 33.3 Å². The van der Waals surface area contributed by atoms with Crippen LogP contribution in [0.5, 0.6) is 0 Å². The highest BCUT2D eigenvalue weighted by Gasteiger charge is 2.54. The number of benzene rings is 1. The third-order valence-electron chi connectivity index (χ3n) is 4.65. The minimum absolute atomic E-state index is 0.140. The highest BCUT2D eigenvalue weighted by molar-refractivity contribution is 9.10. The summed E-state index contributed by atoms with van der Waals surface area (Å²) < 4.78 is 18.3. The summed E-state index contributed by atoms with van der Waals surface area (Å²) in [7, 11) is -0.578. The van der Waals surface area contributed by atoms with Crippen molar-refractivity contribution in [1.82, 2.24) is 0 Å². The van der Waals surface area contributed by atoms with Crippen LogP contribution in [0.25, 0.3) is 0 Å². The number of esters is 1. The first-order chi connectivity index (χ1) is 11.1. The minimum atomic E-state index is -0.578. The molecule has 1 unspecified atom stereocenters. The van der Waals surface area contributed by atoms with Gasteiger partial charge in [0.25, 0.3) is 0 Å². The molecule has 1 fully saturated rings. The van der Waals surface area contributed by atoms with Crippen LogP contribution < -0.4 is 0 Å². The van der Waals surface area contributed by atoms with Gasteiger partial charge < -0.3 is 14.0 Å². The molecule has 0 bridgehead atoms. The quantitative estimate of drug-likeness (QED) is 0.511. The predicted octanol–water partition coefficient (Wildman–Crippen LogP) is 4.77. The molecule has 1 aromatic rings. The van der Waals surface area contributed by atoms with Crippen molar-refractivity contribution in [2.45, 2.75) is 58.1 Å². The molecule has 1 heterocycles. The lowest BCUT2D eigenvalue weighted by Crippen LogP contribution is -2.41. The maximum Gasteiger partial charge on any atom is 0.466 e. The second kappa shape index (κ2) is 7.36. The van der Waals surface area contributed by atoms with Gasteiger partial charge in [0.1, 0.15) is 0 Å². The van der Waals surface area contributed by atoms with E-state index in [0.717, 1.165) is 10.0 Å². The maximum atomic E-state index is 12.1. The Morgan fingerprint density at radius 1 is 1.29 bits per heavy atom. The fraction of sp³-hybridized carbons (Fsp3) is 0.588. The van der Waals surface area contributed by atoms with Gasteiger partial charge >= 0.3 is 13.1 Å². The van der Waals surface area contributed by atoms with Crippen molar-refractivity contribution < 1.29 is 18.8 Å². The lowest BCUT2D eigenvalue weighted by molar-refractivity contribution is -0.143. The third kappa shape index (κ3) is 4.16. The summed E-state index contributed by atoms with van der Waals surface area (Å²) in [6.07, 6.45) is 0.140. The average molecular weight is 418 g/mol. The van der Waals surface area contributed by atoms with Gasteiger partial charge in [-0.25, -0.2) is 0 Å². The van der Waals surface area contributed by atoms with Crippen LogP contribution >= 0.6 is 27.5 Å². The van der Waals surface area contributed by atoms with Crippen LogP contribution in [0.1, 0.15) is 52.4 Å². The molecule has 0 saturated carbocycles. The van der Waals surface area contributed by atoms with E-state index in [-0.39, 0.29) is 18.2 Å². The number of hydrogen-bond donors (Lipinski definition) is 0. The summed E-state index contributed by atoms with van der Waals surface area (Å²) in [5.41, 5.74) is -0.163. The van der Waals surface area contributed by atoms with Gasteiger partial charge in [0, 0.05) is 15.3 Å². The number of hydrogen-bond acceptors (Lipinski definition) is 4. The Kier molecular flexibility index (Phi) is 6.06. The van der Waals surface area contributed by atoms with Crippen LogP contribution in [0.15, 0.2) is 22.7 Å². The third-order valence-corrected chi connectivity index (χ3v) is 5.49. The van der Waals surface area contributed by atoms with E-state index in [0.29, 0.717) is 11.6 Å². The molecule has 132 valence electrons. The van der Waals surface area contributed by atoms with E-state index in [1.165, 1.54) is 0 Å². The number of carbonyl (C=O) groups is 1. The second-order valence-electron chi connectivity index (χ2n) is 6.91. The molecule has 1 aliphatic rings. The van der Waals surface area contributed by atoms with Gasteiger partial charge in [-0.1, -0.05) is 27.5 Å². The van der Waals surface area contributed by atoms with E-state index >= 15 is 0 Å². The molecule has 0 aromatic heterocycles. The number of rotatable bonds is 5. The molecule has 1 aromatic carbocycles. The first-order valence-corrected chi connectivity index (χ1v) is 9.20. The van der Waals surface area contributed by atoms with Crippen molar-refractivity contribution in [3.63, 3.8) is 0 Å². The van der Waals surface area contributed by atoms with Crippen LogP contribution in [0, 0.1) is 0 Å². The monoisotopic (exact) mass is 416 g/mol. The Labute approximate surface area is 157 Å². The molecule has 4 nitrogen and oxygen atoms in total. The highest BCUT2D eigenvalue weighted by atomic mass is 79.9. The molecule has 24 heavy (non-hydrogen) atoms. The Bertz CT molecular complexity index is 605. The van der Waals surface area contributed by atoms with E-state index in [1.807, 2.05) is 39.8 Å². The molecule has 7 heteroatoms. The van der Waals surface area contributed by atoms with E-state index in [2.05, 4.69) is 15.9 Å². The summed E-state index contributed by atoms with van der Waals surface area (Å²) >= 11 is 9.85. The van der Waals surface area contributed by atoms with E-state index < -0.39 is 18.3 Å². The molecule has 0 amide bonds. The molecule has 0 N–H and O–H groups in total. The summed E-state index contributed by atoms with van der Waals surface area (Å²) in [6, 6.07) is 5.55. The van der Waals surface area contributed by atoms with Crippen molar-refractivity contribution >= 4 is 40.6 Å². The van der Waals surface area contributed by atoms with Crippen LogP contribution in [0.3, 0.4) is 0 Å². The van der Waals surface area contributed by atoms with Gasteiger partial charge in [-0.05, 0) is 58.4 Å². The fourth-order valence-electron chi connectivity index (χ4n) is 2.60. The molecule has 0 aliphatic carbocycles. The zero-order valence-electron chi connectivity index (χ0n) is 14.7. The van der Waals surface area contributed by atoms with Gasteiger partial charge in [-0.15, -0.1) is 0 Å². The summed E-state index contributed by atoms with van der Waals surface area (Å²) in [6.45, 7) is 10.1. The standard InChI is InChI=1S/C17H23BBrClO4/c1-6-22-15(21)10-13(12-9-11(19)7-8-14(12)20)18-23-16(2,3)17(4,5)24-18/h7-9,13H,6,10H2,1-5H3. The van der Waals surface area contributed by atoms with E-state index in [1.54, 1.807) is 13.0 Å². The number of halogens is 2. The van der Waals surface area contributed by atoms with Crippen molar-refractivity contribution in [3.8, 4) is 0 Å². The summed E-state index contributed by atoms with van der Waals surface area (Å²) in [5, 5.41) is 0.571. The molecule has 1 aliphatic heterocycles. The normalized spacial score (nSPS) is 20.0. The van der Waals surface area contributed by atoms with Crippen LogP contribution in [0.4, 0.5) is 0 Å². The molecule has 1 atom stereocenters. The topological polar surface area (TPSA) is 44.8 Å². The van der Waals surface area contributed by atoms with Gasteiger partial charge in [0.2, 0.25) is 0 Å². The zero-order chi connectivity index (χ0) is 18.1. The largest absolute Gasteiger partial charge is 0.466 e. The predicted molar refractivity (Wildman–Crippen MR) is 99.2 cm³/mol. The van der Waals surface area contributed by atoms with Gasteiger partial charge in [0.05, 0.1) is 24.2 Å². The van der Waals surface area contributed by atoms with Crippen LogP contribution in [0.2, 0.25) is 5.02 Å². The SMILES string of the molecule is CCOC(=O)CC(B1OC(C)(C)C(C)(C)O1)c1cc(Br)ccc1Cl. The van der Waals surface area contributed by atoms with E-state index in [9.17, 15) is 4.79 Å². The molecule has 0 radical (unpaired) electrons. The fourth-order valence-corrected chi connectivity index (χ4v) is 3.24. The Morgan fingerprint density at radius 2 is 1.88 bits per heavy atom. The molecule has 0 spiro atoms. The van der Waals surface area contributed by atoms with Gasteiger partial charge in [-0.2, -0.15) is 0 Å². The second-order valence-corrected chi connectivity index (χ2v) is 8.23. The first kappa shape index (κ1) is 19.8.